The lowest BCUT2D eigenvalue weighted by Crippen LogP contribution is -2.00. The molecule has 2 nitrogen and oxygen atoms in total. The summed E-state index contributed by atoms with van der Waals surface area (Å²) < 4.78 is 5.90. The molecule has 0 saturated heterocycles. The molecule has 0 amide bonds. The van der Waals surface area contributed by atoms with Crippen molar-refractivity contribution < 1.29 is 9.53 Å². The van der Waals surface area contributed by atoms with Gasteiger partial charge in [-0.05, 0) is 30.9 Å². The van der Waals surface area contributed by atoms with Crippen molar-refractivity contribution >= 4 is 16.6 Å². The third-order valence-electron chi connectivity index (χ3n) is 3.49. The van der Waals surface area contributed by atoms with E-state index < -0.39 is 0 Å². The van der Waals surface area contributed by atoms with Crippen LogP contribution in [-0.4, -0.2) is 12.4 Å². The minimum absolute atomic E-state index is 0.0755. The van der Waals surface area contributed by atoms with Gasteiger partial charge in [0.25, 0.3) is 0 Å². The molecule has 0 bridgehead atoms. The molecule has 0 radical (unpaired) electrons. The quantitative estimate of drug-likeness (QED) is 0.522. The van der Waals surface area contributed by atoms with Gasteiger partial charge in [-0.3, -0.25) is 4.79 Å². The number of Topliss-reactive ketones (excluding diaryl/α,β-unsaturated/α-hetero) is 1. The molecule has 0 aliphatic carbocycles. The number of hydrogen-bond acceptors (Lipinski definition) is 2. The highest BCUT2D eigenvalue weighted by molar-refractivity contribution is 6.00. The number of benzene rings is 2. The Bertz CT molecular complexity index is 587. The van der Waals surface area contributed by atoms with Gasteiger partial charge in [-0.1, -0.05) is 50.5 Å². The monoisotopic (exact) mass is 270 g/mol. The molecular formula is C18H22O2. The van der Waals surface area contributed by atoms with Crippen molar-refractivity contribution in [1.29, 1.82) is 0 Å². The first kappa shape index (κ1) is 14.6. The summed E-state index contributed by atoms with van der Waals surface area (Å²) in [4.78, 5) is 11.6. The van der Waals surface area contributed by atoms with Crippen LogP contribution >= 0.6 is 0 Å². The largest absolute Gasteiger partial charge is 0.493 e. The van der Waals surface area contributed by atoms with E-state index in [1.165, 1.54) is 19.3 Å². The van der Waals surface area contributed by atoms with E-state index in [-0.39, 0.29) is 5.78 Å². The van der Waals surface area contributed by atoms with Crippen LogP contribution < -0.4 is 4.74 Å². The van der Waals surface area contributed by atoms with Crippen molar-refractivity contribution in [3.05, 3.63) is 42.0 Å². The van der Waals surface area contributed by atoms with Crippen molar-refractivity contribution in [2.24, 2.45) is 0 Å². The molecule has 0 N–H and O–H groups in total. The van der Waals surface area contributed by atoms with Gasteiger partial charge in [0.1, 0.15) is 5.75 Å². The number of carbonyl (C=O) groups is 1. The number of fused-ring (bicyclic) bond motifs is 1. The molecule has 2 heteroatoms. The molecule has 2 aromatic carbocycles. The molecule has 0 fully saturated rings. The Hall–Kier alpha value is -1.83. The van der Waals surface area contributed by atoms with Gasteiger partial charge < -0.3 is 4.74 Å². The summed E-state index contributed by atoms with van der Waals surface area (Å²) >= 11 is 0. The van der Waals surface area contributed by atoms with E-state index in [2.05, 4.69) is 6.92 Å². The van der Waals surface area contributed by atoms with Gasteiger partial charge in [0.15, 0.2) is 5.78 Å². The standard InChI is InChI=1S/C18H22O2/c1-3-4-5-8-11-20-18-13-16(14(2)19)12-15-9-6-7-10-17(15)18/h6-7,9-10,12-13H,3-5,8,11H2,1-2H3. The summed E-state index contributed by atoms with van der Waals surface area (Å²) in [6.07, 6.45) is 4.73. The fraction of sp³-hybridized carbons (Fsp3) is 0.389. The second kappa shape index (κ2) is 7.09. The fourth-order valence-corrected chi connectivity index (χ4v) is 2.31. The fourth-order valence-electron chi connectivity index (χ4n) is 2.31. The molecule has 106 valence electrons. The summed E-state index contributed by atoms with van der Waals surface area (Å²) in [5.74, 6) is 0.899. The SMILES string of the molecule is CCCCCCOc1cc(C(C)=O)cc2ccccc12. The van der Waals surface area contributed by atoms with Crippen LogP contribution in [0.3, 0.4) is 0 Å². The lowest BCUT2D eigenvalue weighted by molar-refractivity contribution is 0.101. The van der Waals surface area contributed by atoms with E-state index in [1.807, 2.05) is 36.4 Å². The predicted octanol–water partition coefficient (Wildman–Crippen LogP) is 5.00. The minimum atomic E-state index is 0.0755. The maximum Gasteiger partial charge on any atom is 0.159 e. The van der Waals surface area contributed by atoms with Crippen LogP contribution in [0, 0.1) is 0 Å². The topological polar surface area (TPSA) is 26.3 Å². The lowest BCUT2D eigenvalue weighted by Gasteiger charge is -2.11. The predicted molar refractivity (Wildman–Crippen MR) is 83.6 cm³/mol. The molecule has 0 saturated carbocycles. The van der Waals surface area contributed by atoms with E-state index in [0.717, 1.165) is 22.9 Å². The van der Waals surface area contributed by atoms with Gasteiger partial charge >= 0.3 is 0 Å². The zero-order valence-corrected chi connectivity index (χ0v) is 12.3. The number of hydrogen-bond donors (Lipinski definition) is 0. The van der Waals surface area contributed by atoms with Crippen LogP contribution in [-0.2, 0) is 0 Å². The van der Waals surface area contributed by atoms with Crippen LogP contribution in [0.4, 0.5) is 0 Å². The van der Waals surface area contributed by atoms with Crippen molar-refractivity contribution in [2.45, 2.75) is 39.5 Å². The van der Waals surface area contributed by atoms with Crippen LogP contribution in [0.5, 0.6) is 5.75 Å². The van der Waals surface area contributed by atoms with E-state index in [4.69, 9.17) is 4.74 Å². The first-order valence-corrected chi connectivity index (χ1v) is 7.39. The Morgan fingerprint density at radius 1 is 1.10 bits per heavy atom. The van der Waals surface area contributed by atoms with Crippen LogP contribution in [0.15, 0.2) is 36.4 Å². The van der Waals surface area contributed by atoms with Crippen LogP contribution in [0.25, 0.3) is 10.8 Å². The van der Waals surface area contributed by atoms with E-state index >= 15 is 0 Å². The Labute approximate surface area is 120 Å². The van der Waals surface area contributed by atoms with Crippen molar-refractivity contribution in [3.8, 4) is 5.75 Å². The molecule has 0 atom stereocenters. The van der Waals surface area contributed by atoms with Gasteiger partial charge in [-0.2, -0.15) is 0 Å². The molecule has 0 aromatic heterocycles. The number of ketones is 1. The molecule has 0 heterocycles. The zero-order valence-electron chi connectivity index (χ0n) is 12.3. The average molecular weight is 270 g/mol. The van der Waals surface area contributed by atoms with Gasteiger partial charge in [0.2, 0.25) is 0 Å². The van der Waals surface area contributed by atoms with Gasteiger partial charge in [-0.15, -0.1) is 0 Å². The molecule has 0 spiro atoms. The second-order valence-corrected chi connectivity index (χ2v) is 5.16. The molecule has 0 aliphatic rings. The number of unbranched alkanes of at least 4 members (excludes halogenated alkanes) is 3. The molecule has 0 unspecified atom stereocenters. The lowest BCUT2D eigenvalue weighted by atomic mass is 10.0. The maximum atomic E-state index is 11.6. The minimum Gasteiger partial charge on any atom is -0.493 e. The Morgan fingerprint density at radius 2 is 1.90 bits per heavy atom. The van der Waals surface area contributed by atoms with E-state index in [9.17, 15) is 4.79 Å². The first-order valence-electron chi connectivity index (χ1n) is 7.39. The van der Waals surface area contributed by atoms with Crippen LogP contribution in [0.2, 0.25) is 0 Å². The van der Waals surface area contributed by atoms with Gasteiger partial charge in [0.05, 0.1) is 6.61 Å². The van der Waals surface area contributed by atoms with Gasteiger partial charge in [0, 0.05) is 10.9 Å². The first-order chi connectivity index (χ1) is 9.72. The Balaban J connectivity index is 2.19. The van der Waals surface area contributed by atoms with Crippen LogP contribution in [0.1, 0.15) is 49.9 Å². The summed E-state index contributed by atoms with van der Waals surface area (Å²) in [6.45, 7) is 4.51. The summed E-state index contributed by atoms with van der Waals surface area (Å²) in [5.41, 5.74) is 0.715. The summed E-state index contributed by atoms with van der Waals surface area (Å²) in [6, 6.07) is 11.8. The zero-order chi connectivity index (χ0) is 14.4. The highest BCUT2D eigenvalue weighted by Crippen LogP contribution is 2.28. The molecule has 0 aliphatic heterocycles. The molecule has 2 rings (SSSR count). The third-order valence-corrected chi connectivity index (χ3v) is 3.49. The van der Waals surface area contributed by atoms with Gasteiger partial charge in [-0.25, -0.2) is 0 Å². The normalized spacial score (nSPS) is 10.7. The second-order valence-electron chi connectivity index (χ2n) is 5.16. The van der Waals surface area contributed by atoms with Crippen molar-refractivity contribution in [2.75, 3.05) is 6.61 Å². The number of rotatable bonds is 7. The molecular weight excluding hydrogens is 248 g/mol. The Kier molecular flexibility index (Phi) is 5.16. The smallest absolute Gasteiger partial charge is 0.159 e. The summed E-state index contributed by atoms with van der Waals surface area (Å²) in [7, 11) is 0. The summed E-state index contributed by atoms with van der Waals surface area (Å²) in [5, 5.41) is 2.14. The molecule has 20 heavy (non-hydrogen) atoms. The number of carbonyl (C=O) groups excluding carboxylic acids is 1. The third kappa shape index (κ3) is 3.60. The molecule has 2 aromatic rings. The maximum absolute atomic E-state index is 11.6. The van der Waals surface area contributed by atoms with E-state index in [0.29, 0.717) is 12.2 Å². The Morgan fingerprint density at radius 3 is 2.65 bits per heavy atom. The van der Waals surface area contributed by atoms with E-state index in [1.54, 1.807) is 6.92 Å². The average Bonchev–Trinajstić information content (AvgIpc) is 2.46. The number of ether oxygens (including phenoxy) is 1. The van der Waals surface area contributed by atoms with Crippen molar-refractivity contribution in [3.63, 3.8) is 0 Å². The highest BCUT2D eigenvalue weighted by Gasteiger charge is 2.07. The highest BCUT2D eigenvalue weighted by atomic mass is 16.5. The van der Waals surface area contributed by atoms with Crippen molar-refractivity contribution in [1.82, 2.24) is 0 Å².